The topological polar surface area (TPSA) is 46.3 Å². The van der Waals surface area contributed by atoms with Crippen LogP contribution in [0.2, 0.25) is 10.0 Å². The number of fused-ring (bicyclic) bond motifs is 1. The van der Waals surface area contributed by atoms with Gasteiger partial charge in [0.25, 0.3) is 5.91 Å². The van der Waals surface area contributed by atoms with Crippen molar-refractivity contribution >= 4 is 40.2 Å². The van der Waals surface area contributed by atoms with Crippen molar-refractivity contribution in [2.45, 2.75) is 13.1 Å². The highest BCUT2D eigenvalue weighted by Crippen LogP contribution is 2.22. The number of rotatable bonds is 5. The molecule has 4 rings (SSSR count). The molecule has 1 amide bonds. The Morgan fingerprint density at radius 2 is 1.72 bits per heavy atom. The number of carbonyl (C=O) groups is 1. The van der Waals surface area contributed by atoms with E-state index in [1.165, 1.54) is 12.1 Å². The van der Waals surface area contributed by atoms with Crippen LogP contribution in [0, 0.1) is 5.82 Å². The van der Waals surface area contributed by atoms with Crippen molar-refractivity contribution in [3.8, 4) is 0 Å². The van der Waals surface area contributed by atoms with Gasteiger partial charge in [0.2, 0.25) is 5.89 Å². The van der Waals surface area contributed by atoms with Gasteiger partial charge in [0, 0.05) is 22.2 Å². The Morgan fingerprint density at radius 3 is 2.48 bits per heavy atom. The first-order chi connectivity index (χ1) is 14.0. The SMILES string of the molecule is O=C(c1cccc(Cl)c1)N(Cc1ccc(F)cc1)Cc1nc2cc(Cl)ccc2o1. The Bertz CT molecular complexity index is 1180. The van der Waals surface area contributed by atoms with Crippen molar-refractivity contribution < 1.29 is 13.6 Å². The summed E-state index contributed by atoms with van der Waals surface area (Å²) in [6.07, 6.45) is 0. The van der Waals surface area contributed by atoms with Crippen LogP contribution in [0.5, 0.6) is 0 Å². The summed E-state index contributed by atoms with van der Waals surface area (Å²) in [5, 5.41) is 1.02. The predicted molar refractivity (Wildman–Crippen MR) is 110 cm³/mol. The summed E-state index contributed by atoms with van der Waals surface area (Å²) >= 11 is 12.1. The fourth-order valence-electron chi connectivity index (χ4n) is 2.99. The van der Waals surface area contributed by atoms with Crippen LogP contribution < -0.4 is 0 Å². The van der Waals surface area contributed by atoms with Crippen molar-refractivity contribution in [3.05, 3.63) is 99.6 Å². The van der Waals surface area contributed by atoms with Crippen molar-refractivity contribution in [2.75, 3.05) is 0 Å². The van der Waals surface area contributed by atoms with Crippen LogP contribution in [-0.2, 0) is 13.1 Å². The molecule has 0 aliphatic rings. The van der Waals surface area contributed by atoms with Gasteiger partial charge in [0.1, 0.15) is 11.3 Å². The zero-order valence-corrected chi connectivity index (χ0v) is 16.6. The highest BCUT2D eigenvalue weighted by Gasteiger charge is 2.20. The molecule has 4 aromatic rings. The van der Waals surface area contributed by atoms with Gasteiger partial charge in [0.05, 0.1) is 6.54 Å². The summed E-state index contributed by atoms with van der Waals surface area (Å²) in [4.78, 5) is 19.2. The lowest BCUT2D eigenvalue weighted by Crippen LogP contribution is -2.30. The molecule has 7 heteroatoms. The molecule has 146 valence electrons. The van der Waals surface area contributed by atoms with E-state index in [0.29, 0.717) is 32.6 Å². The number of amides is 1. The first-order valence-corrected chi connectivity index (χ1v) is 9.58. The normalized spacial score (nSPS) is 11.0. The Hall–Kier alpha value is -2.89. The van der Waals surface area contributed by atoms with Crippen molar-refractivity contribution in [1.29, 1.82) is 0 Å². The van der Waals surface area contributed by atoms with Gasteiger partial charge in [-0.2, -0.15) is 0 Å². The van der Waals surface area contributed by atoms with Gasteiger partial charge < -0.3 is 9.32 Å². The first kappa shape index (κ1) is 19.4. The average Bonchev–Trinajstić information content (AvgIpc) is 3.10. The van der Waals surface area contributed by atoms with Gasteiger partial charge in [-0.1, -0.05) is 41.4 Å². The Morgan fingerprint density at radius 1 is 0.966 bits per heavy atom. The lowest BCUT2D eigenvalue weighted by Gasteiger charge is -2.21. The minimum atomic E-state index is -0.336. The zero-order chi connectivity index (χ0) is 20.4. The van der Waals surface area contributed by atoms with E-state index in [2.05, 4.69) is 4.98 Å². The van der Waals surface area contributed by atoms with Gasteiger partial charge >= 0.3 is 0 Å². The zero-order valence-electron chi connectivity index (χ0n) is 15.1. The van der Waals surface area contributed by atoms with Gasteiger partial charge in [-0.3, -0.25) is 4.79 Å². The maximum absolute atomic E-state index is 13.3. The number of benzene rings is 3. The third-order valence-corrected chi connectivity index (χ3v) is 4.84. The van der Waals surface area contributed by atoms with E-state index < -0.39 is 0 Å². The molecule has 0 unspecified atom stereocenters. The highest BCUT2D eigenvalue weighted by atomic mass is 35.5. The predicted octanol–water partition coefficient (Wildman–Crippen LogP) is 6.12. The highest BCUT2D eigenvalue weighted by molar-refractivity contribution is 6.31. The smallest absolute Gasteiger partial charge is 0.254 e. The molecule has 0 saturated heterocycles. The standard InChI is InChI=1S/C22H15Cl2FN2O2/c23-16-3-1-2-15(10-16)22(28)27(12-14-4-7-18(25)8-5-14)13-21-26-19-11-17(24)6-9-20(19)29-21/h1-11H,12-13H2. The van der Waals surface area contributed by atoms with Crippen LogP contribution in [0.25, 0.3) is 11.1 Å². The number of hydrogen-bond acceptors (Lipinski definition) is 3. The number of oxazole rings is 1. The molecule has 0 radical (unpaired) electrons. The lowest BCUT2D eigenvalue weighted by atomic mass is 10.1. The maximum Gasteiger partial charge on any atom is 0.254 e. The molecule has 0 fully saturated rings. The van der Waals surface area contributed by atoms with E-state index in [9.17, 15) is 9.18 Å². The molecule has 0 atom stereocenters. The van der Waals surface area contributed by atoms with E-state index in [1.807, 2.05) is 0 Å². The summed E-state index contributed by atoms with van der Waals surface area (Å²) in [5.74, 6) is -0.200. The molecule has 0 aliphatic heterocycles. The van der Waals surface area contributed by atoms with Crippen LogP contribution in [0.4, 0.5) is 4.39 Å². The van der Waals surface area contributed by atoms with E-state index >= 15 is 0 Å². The van der Waals surface area contributed by atoms with Crippen LogP contribution in [0.1, 0.15) is 21.8 Å². The number of carbonyl (C=O) groups excluding carboxylic acids is 1. The van der Waals surface area contributed by atoms with Gasteiger partial charge in [-0.15, -0.1) is 0 Å². The van der Waals surface area contributed by atoms with Gasteiger partial charge in [-0.05, 0) is 54.1 Å². The fourth-order valence-corrected chi connectivity index (χ4v) is 3.35. The third-order valence-electron chi connectivity index (χ3n) is 4.37. The van der Waals surface area contributed by atoms with E-state index in [-0.39, 0.29) is 24.8 Å². The molecule has 0 saturated carbocycles. The van der Waals surface area contributed by atoms with Crippen LogP contribution in [-0.4, -0.2) is 15.8 Å². The number of nitrogens with zero attached hydrogens (tertiary/aromatic N) is 2. The number of halogens is 3. The monoisotopic (exact) mass is 428 g/mol. The second-order valence-corrected chi connectivity index (χ2v) is 7.39. The summed E-state index contributed by atoms with van der Waals surface area (Å²) in [6, 6.07) is 17.9. The Labute approximate surface area is 176 Å². The quantitative estimate of drug-likeness (QED) is 0.384. The molecule has 29 heavy (non-hydrogen) atoms. The molecule has 3 aromatic carbocycles. The molecule has 0 spiro atoms. The molecule has 1 heterocycles. The summed E-state index contributed by atoms with van der Waals surface area (Å²) < 4.78 is 19.0. The lowest BCUT2D eigenvalue weighted by molar-refractivity contribution is 0.0715. The van der Waals surface area contributed by atoms with Gasteiger partial charge in [0.15, 0.2) is 5.58 Å². The van der Waals surface area contributed by atoms with Crippen LogP contribution >= 0.6 is 23.2 Å². The summed E-state index contributed by atoms with van der Waals surface area (Å²) in [5.41, 5.74) is 2.42. The second kappa shape index (κ2) is 8.23. The first-order valence-electron chi connectivity index (χ1n) is 8.82. The van der Waals surface area contributed by atoms with E-state index in [0.717, 1.165) is 5.56 Å². The fraction of sp³-hybridized carbons (Fsp3) is 0.0909. The molecule has 0 aliphatic carbocycles. The van der Waals surface area contributed by atoms with E-state index in [4.69, 9.17) is 27.6 Å². The minimum Gasteiger partial charge on any atom is -0.439 e. The van der Waals surface area contributed by atoms with Crippen molar-refractivity contribution in [2.24, 2.45) is 0 Å². The third kappa shape index (κ3) is 4.58. The molecule has 0 bridgehead atoms. The van der Waals surface area contributed by atoms with Crippen LogP contribution in [0.15, 0.2) is 71.1 Å². The Balaban J connectivity index is 1.66. The van der Waals surface area contributed by atoms with Crippen molar-refractivity contribution in [3.63, 3.8) is 0 Å². The number of hydrogen-bond donors (Lipinski definition) is 0. The van der Waals surface area contributed by atoms with Crippen molar-refractivity contribution in [1.82, 2.24) is 9.88 Å². The Kier molecular flexibility index (Phi) is 5.51. The maximum atomic E-state index is 13.3. The summed E-state index contributed by atoms with van der Waals surface area (Å²) in [6.45, 7) is 0.389. The number of aromatic nitrogens is 1. The molecule has 4 nitrogen and oxygen atoms in total. The molecule has 0 N–H and O–H groups in total. The molecule has 1 aromatic heterocycles. The van der Waals surface area contributed by atoms with Gasteiger partial charge in [-0.25, -0.2) is 9.37 Å². The van der Waals surface area contributed by atoms with Crippen LogP contribution in [0.3, 0.4) is 0 Å². The molecular weight excluding hydrogens is 414 g/mol. The largest absolute Gasteiger partial charge is 0.439 e. The molecular formula is C22H15Cl2FN2O2. The average molecular weight is 429 g/mol. The van der Waals surface area contributed by atoms with E-state index in [1.54, 1.807) is 59.5 Å². The summed E-state index contributed by atoms with van der Waals surface area (Å²) in [7, 11) is 0. The minimum absolute atomic E-state index is 0.134. The second-order valence-electron chi connectivity index (χ2n) is 6.52.